The van der Waals surface area contributed by atoms with Gasteiger partial charge in [-0.25, -0.2) is 0 Å². The van der Waals surface area contributed by atoms with Gasteiger partial charge in [0, 0.05) is 43.5 Å². The highest BCUT2D eigenvalue weighted by molar-refractivity contribution is 5.58. The Balaban J connectivity index is 1.45. The second kappa shape index (κ2) is 7.03. The van der Waals surface area contributed by atoms with Crippen LogP contribution in [0.15, 0.2) is 47.3 Å². The summed E-state index contributed by atoms with van der Waals surface area (Å²) in [5.74, 6) is 8.37. The summed E-state index contributed by atoms with van der Waals surface area (Å²) >= 11 is 0. The van der Waals surface area contributed by atoms with Crippen LogP contribution < -0.4 is 15.4 Å². The zero-order valence-corrected chi connectivity index (χ0v) is 16.1. The Bertz CT molecular complexity index is 975. The predicted molar refractivity (Wildman–Crippen MR) is 111 cm³/mol. The lowest BCUT2D eigenvalue weighted by atomic mass is 9.82. The highest BCUT2D eigenvalue weighted by Crippen LogP contribution is 2.38. The van der Waals surface area contributed by atoms with Crippen LogP contribution in [-0.4, -0.2) is 43.4 Å². The minimum atomic E-state index is -0.0507. The number of benzene rings is 1. The zero-order chi connectivity index (χ0) is 19.1. The quantitative estimate of drug-likeness (QED) is 0.833. The minimum absolute atomic E-state index is 0.0507. The van der Waals surface area contributed by atoms with Crippen molar-refractivity contribution in [1.82, 2.24) is 4.98 Å². The number of morpholine rings is 1. The van der Waals surface area contributed by atoms with Crippen LogP contribution in [0.4, 0.5) is 11.5 Å². The Morgan fingerprint density at radius 1 is 1.18 bits per heavy atom. The summed E-state index contributed by atoms with van der Waals surface area (Å²) in [6.45, 7) is 5.28. The van der Waals surface area contributed by atoms with E-state index in [0.717, 1.165) is 37.6 Å². The normalized spacial score (nSPS) is 28.3. The number of fused-ring (bicyclic) bond motifs is 1. The van der Waals surface area contributed by atoms with Gasteiger partial charge in [0.15, 0.2) is 0 Å². The first kappa shape index (κ1) is 17.4. The molecule has 0 saturated carbocycles. The average Bonchev–Trinajstić information content (AvgIpc) is 2.91. The van der Waals surface area contributed by atoms with Crippen molar-refractivity contribution in [3.8, 4) is 11.8 Å². The van der Waals surface area contributed by atoms with Gasteiger partial charge in [-0.1, -0.05) is 42.2 Å². The molecule has 4 atom stereocenters. The summed E-state index contributed by atoms with van der Waals surface area (Å²) in [4.78, 5) is 20.1. The molecular formula is C23H25N3O2. The van der Waals surface area contributed by atoms with Crippen LogP contribution in [0, 0.1) is 23.7 Å². The predicted octanol–water partition coefficient (Wildman–Crippen LogP) is 2.28. The number of hydrogen-bond acceptors (Lipinski definition) is 4. The van der Waals surface area contributed by atoms with Gasteiger partial charge in [0.1, 0.15) is 5.82 Å². The van der Waals surface area contributed by atoms with Crippen LogP contribution in [0.3, 0.4) is 0 Å². The van der Waals surface area contributed by atoms with Crippen molar-refractivity contribution in [3.05, 3.63) is 58.4 Å². The summed E-state index contributed by atoms with van der Waals surface area (Å²) in [5.41, 5.74) is 2.24. The van der Waals surface area contributed by atoms with Gasteiger partial charge >= 0.3 is 0 Å². The lowest BCUT2D eigenvalue weighted by molar-refractivity contribution is 0.0532. The zero-order valence-electron chi connectivity index (χ0n) is 16.1. The third-order valence-electron chi connectivity index (χ3n) is 6.10. The molecule has 0 unspecified atom stereocenters. The van der Waals surface area contributed by atoms with Gasteiger partial charge in [-0.3, -0.25) is 4.79 Å². The molecule has 2 saturated heterocycles. The highest BCUT2D eigenvalue weighted by atomic mass is 16.5. The number of ether oxygens (including phenoxy) is 1. The molecular weight excluding hydrogens is 350 g/mol. The molecule has 5 rings (SSSR count). The maximum atomic E-state index is 12.5. The second-order valence-electron chi connectivity index (χ2n) is 8.05. The smallest absolute Gasteiger partial charge is 0.251 e. The number of nitrogens with one attached hydrogen (secondary N) is 1. The third-order valence-corrected chi connectivity index (χ3v) is 6.10. The van der Waals surface area contributed by atoms with Crippen molar-refractivity contribution >= 4 is 11.5 Å². The minimum Gasteiger partial charge on any atom is -0.375 e. The van der Waals surface area contributed by atoms with Gasteiger partial charge in [-0.2, -0.15) is 0 Å². The van der Waals surface area contributed by atoms with E-state index >= 15 is 0 Å². The molecule has 3 aliphatic rings. The number of rotatable bonds is 4. The van der Waals surface area contributed by atoms with Gasteiger partial charge in [0.05, 0.1) is 24.5 Å². The lowest BCUT2D eigenvalue weighted by Crippen LogP contribution is -2.42. The molecule has 1 aromatic carbocycles. The average molecular weight is 375 g/mol. The van der Waals surface area contributed by atoms with Gasteiger partial charge < -0.3 is 19.5 Å². The first-order chi connectivity index (χ1) is 13.7. The number of hydrogen-bond donors (Lipinski definition) is 1. The first-order valence-electron chi connectivity index (χ1n) is 10.1. The van der Waals surface area contributed by atoms with E-state index in [0.29, 0.717) is 24.5 Å². The van der Waals surface area contributed by atoms with Crippen molar-refractivity contribution < 1.29 is 4.74 Å². The molecule has 1 aromatic heterocycles. The monoisotopic (exact) mass is 375 g/mol. The van der Waals surface area contributed by atoms with E-state index < -0.39 is 0 Å². The molecule has 0 bridgehead atoms. The summed E-state index contributed by atoms with van der Waals surface area (Å²) in [6, 6.07) is 14.7. The standard InChI is InChI=1S/C23H25N3O2/c1-16-14-25(9-10-28-16)19-12-22(24-23(27)13-19)26-15-18-7-8-20(18)21(26)11-17-5-3-2-4-6-17/h2-6,12-13,16,18,20-21H,9-11,14-15H2,1H3,(H,24,27)/t16-,18+,20+,21-/m1/s1. The summed E-state index contributed by atoms with van der Waals surface area (Å²) < 4.78 is 5.66. The van der Waals surface area contributed by atoms with Gasteiger partial charge in [-0.05, 0) is 18.9 Å². The van der Waals surface area contributed by atoms with Crippen LogP contribution in [-0.2, 0) is 11.2 Å². The van der Waals surface area contributed by atoms with Crippen LogP contribution >= 0.6 is 0 Å². The van der Waals surface area contributed by atoms with E-state index in [1.165, 1.54) is 5.56 Å². The topological polar surface area (TPSA) is 48.6 Å². The van der Waals surface area contributed by atoms with Crippen molar-refractivity contribution in [2.75, 3.05) is 36.0 Å². The van der Waals surface area contributed by atoms with Crippen LogP contribution in [0.1, 0.15) is 12.5 Å². The third kappa shape index (κ3) is 3.18. The fraction of sp³-hybridized carbons (Fsp3) is 0.435. The van der Waals surface area contributed by atoms with Crippen molar-refractivity contribution in [3.63, 3.8) is 0 Å². The van der Waals surface area contributed by atoms with E-state index in [1.54, 1.807) is 6.07 Å². The summed E-state index contributed by atoms with van der Waals surface area (Å²) in [5, 5.41) is 0. The Labute approximate surface area is 165 Å². The number of H-pyrrole nitrogens is 1. The van der Waals surface area contributed by atoms with Crippen molar-refractivity contribution in [1.29, 1.82) is 0 Å². The second-order valence-corrected chi connectivity index (χ2v) is 8.05. The molecule has 1 N–H and O–H groups in total. The molecule has 1 aliphatic carbocycles. The molecule has 5 nitrogen and oxygen atoms in total. The fourth-order valence-corrected chi connectivity index (χ4v) is 4.64. The van der Waals surface area contributed by atoms with E-state index in [1.807, 2.05) is 6.07 Å². The van der Waals surface area contributed by atoms with Gasteiger partial charge in [0.2, 0.25) is 0 Å². The molecule has 2 fully saturated rings. The summed E-state index contributed by atoms with van der Waals surface area (Å²) in [6.07, 6.45) is 1.12. The Morgan fingerprint density at radius 2 is 2.04 bits per heavy atom. The lowest BCUT2D eigenvalue weighted by Gasteiger charge is -2.34. The van der Waals surface area contributed by atoms with Gasteiger partial charge in [-0.15, -0.1) is 0 Å². The first-order valence-corrected chi connectivity index (χ1v) is 10.1. The highest BCUT2D eigenvalue weighted by Gasteiger charge is 2.44. The molecule has 2 aromatic rings. The molecule has 0 radical (unpaired) electrons. The molecule has 144 valence electrons. The van der Waals surface area contributed by atoms with E-state index in [4.69, 9.17) is 4.74 Å². The SMILES string of the molecule is C[C@@H]1CN(c2cc(N3C[C@@H]4C#C[C@@H]4[C@H]3Cc3ccccc3)[nH]c(=O)c2)CCO1. The van der Waals surface area contributed by atoms with Crippen molar-refractivity contribution in [2.45, 2.75) is 25.5 Å². The maximum Gasteiger partial charge on any atom is 0.251 e. The van der Waals surface area contributed by atoms with E-state index in [2.05, 4.69) is 63.9 Å². The van der Waals surface area contributed by atoms with Gasteiger partial charge in [0.25, 0.3) is 5.56 Å². The number of aromatic amines is 1. The summed E-state index contributed by atoms with van der Waals surface area (Å²) in [7, 11) is 0. The molecule has 3 heterocycles. The Kier molecular flexibility index (Phi) is 4.37. The van der Waals surface area contributed by atoms with Crippen LogP contribution in [0.5, 0.6) is 0 Å². The molecule has 0 amide bonds. The number of pyridine rings is 1. The molecule has 28 heavy (non-hydrogen) atoms. The molecule has 2 aliphatic heterocycles. The van der Waals surface area contributed by atoms with Crippen LogP contribution in [0.25, 0.3) is 0 Å². The number of anilines is 2. The van der Waals surface area contributed by atoms with Crippen molar-refractivity contribution in [2.24, 2.45) is 11.8 Å². The molecule has 0 spiro atoms. The Hall–Kier alpha value is -2.71. The molecule has 5 heteroatoms. The van der Waals surface area contributed by atoms with E-state index in [-0.39, 0.29) is 11.7 Å². The van der Waals surface area contributed by atoms with Crippen LogP contribution in [0.2, 0.25) is 0 Å². The Morgan fingerprint density at radius 3 is 2.79 bits per heavy atom. The number of aromatic nitrogens is 1. The number of nitrogens with zero attached hydrogens (tertiary/aromatic N) is 2. The fourth-order valence-electron chi connectivity index (χ4n) is 4.64. The maximum absolute atomic E-state index is 12.5. The largest absolute Gasteiger partial charge is 0.375 e. The van der Waals surface area contributed by atoms with E-state index in [9.17, 15) is 4.79 Å².